The van der Waals surface area contributed by atoms with Crippen LogP contribution in [0.15, 0.2) is 59.8 Å². The Morgan fingerprint density at radius 1 is 1.07 bits per heavy atom. The molecule has 0 aliphatic heterocycles. The quantitative estimate of drug-likeness (QED) is 0.270. The predicted octanol–water partition coefficient (Wildman–Crippen LogP) is 3.01. The number of nitrogens with zero attached hydrogens (tertiary/aromatic N) is 1. The molecule has 0 spiro atoms. The maximum absolute atomic E-state index is 8.29. The van der Waals surface area contributed by atoms with E-state index in [1.54, 1.807) is 6.92 Å². The topological polar surface area (TPSA) is 32.6 Å². The van der Waals surface area contributed by atoms with E-state index in [4.69, 9.17) is 5.21 Å². The van der Waals surface area contributed by atoms with Crippen molar-refractivity contribution in [3.8, 4) is 0 Å². The van der Waals surface area contributed by atoms with Gasteiger partial charge in [0, 0.05) is 22.8 Å². The van der Waals surface area contributed by atoms with Gasteiger partial charge >= 0.3 is 0 Å². The second kappa shape index (κ2) is 8.04. The summed E-state index contributed by atoms with van der Waals surface area (Å²) in [6.07, 6.45) is 0. The molecule has 2 rings (SSSR count). The van der Waals surface area contributed by atoms with E-state index in [0.29, 0.717) is 5.71 Å². The fraction of sp³-hybridized carbons (Fsp3) is 0.0833. The van der Waals surface area contributed by atoms with Gasteiger partial charge < -0.3 is 35.5 Å². The molecule has 86 valence electrons. The van der Waals surface area contributed by atoms with Crippen molar-refractivity contribution in [3.05, 3.63) is 60.2 Å². The molecule has 0 radical (unpaired) electrons. The molecule has 0 fully saturated rings. The van der Waals surface area contributed by atoms with Gasteiger partial charge in [0.05, 0.1) is 0 Å². The summed E-state index contributed by atoms with van der Waals surface area (Å²) in [7, 11) is 0. The monoisotopic (exact) mass is 243 g/mol. The first kappa shape index (κ1) is 13.7. The van der Waals surface area contributed by atoms with Crippen LogP contribution in [-0.2, 0) is 17.1 Å². The molecule has 15 heavy (non-hydrogen) atoms. The molecule has 0 aromatic heterocycles. The zero-order valence-electron chi connectivity index (χ0n) is 8.44. The van der Waals surface area contributed by atoms with Crippen LogP contribution in [0.25, 0.3) is 0 Å². The van der Waals surface area contributed by atoms with Crippen LogP contribution in [0, 0.1) is 0 Å². The molecular formula is C12H13FeNO-6. The van der Waals surface area contributed by atoms with E-state index >= 15 is 0 Å². The normalized spacial score (nSPS) is 9.80. The summed E-state index contributed by atoms with van der Waals surface area (Å²) in [6.45, 7) is 1.76. The summed E-state index contributed by atoms with van der Waals surface area (Å²) in [5.41, 5.74) is 1.62. The molecule has 0 bridgehead atoms. The minimum atomic E-state index is 0. The van der Waals surface area contributed by atoms with Crippen LogP contribution >= 0.6 is 0 Å². The van der Waals surface area contributed by atoms with Crippen molar-refractivity contribution in [3.63, 3.8) is 0 Å². The van der Waals surface area contributed by atoms with E-state index in [1.807, 2.05) is 54.6 Å². The Kier molecular flexibility index (Phi) is 7.33. The Balaban J connectivity index is 0.000000280. The molecule has 0 amide bonds. The van der Waals surface area contributed by atoms with Crippen molar-refractivity contribution in [2.75, 3.05) is 0 Å². The van der Waals surface area contributed by atoms with Gasteiger partial charge in [0.2, 0.25) is 0 Å². The van der Waals surface area contributed by atoms with Gasteiger partial charge in [-0.05, 0) is 6.92 Å². The van der Waals surface area contributed by atoms with Crippen LogP contribution in [-0.4, -0.2) is 10.9 Å². The van der Waals surface area contributed by atoms with Crippen molar-refractivity contribution in [2.24, 2.45) is 5.16 Å². The van der Waals surface area contributed by atoms with Crippen LogP contribution in [0.3, 0.4) is 0 Å². The van der Waals surface area contributed by atoms with Crippen molar-refractivity contribution in [1.82, 2.24) is 0 Å². The SMILES string of the molecule is C/C(=N/O)[c-]1cccc1.[Fe].[cH-]1[cH-][cH-][cH-][cH-]1. The van der Waals surface area contributed by atoms with E-state index in [2.05, 4.69) is 5.16 Å². The van der Waals surface area contributed by atoms with Crippen LogP contribution in [0.5, 0.6) is 0 Å². The Morgan fingerprint density at radius 2 is 1.47 bits per heavy atom. The fourth-order valence-electron chi connectivity index (χ4n) is 0.994. The summed E-state index contributed by atoms with van der Waals surface area (Å²) < 4.78 is 0. The van der Waals surface area contributed by atoms with Gasteiger partial charge in [-0.15, -0.1) is 10.7 Å². The number of oxime groups is 1. The van der Waals surface area contributed by atoms with Gasteiger partial charge in [-0.25, -0.2) is 12.1 Å². The molecule has 0 atom stereocenters. The second-order valence-corrected chi connectivity index (χ2v) is 2.82. The first-order chi connectivity index (χ1) is 6.84. The average Bonchev–Trinajstić information content (AvgIpc) is 2.91. The molecule has 2 aromatic carbocycles. The Morgan fingerprint density at radius 3 is 1.80 bits per heavy atom. The third kappa shape index (κ3) is 5.21. The first-order valence-electron chi connectivity index (χ1n) is 4.42. The molecule has 0 aliphatic carbocycles. The van der Waals surface area contributed by atoms with Crippen LogP contribution in [0.4, 0.5) is 0 Å². The smallest absolute Gasteiger partial charge is 0.0289 e. The average molecular weight is 243 g/mol. The summed E-state index contributed by atoms with van der Waals surface area (Å²) in [4.78, 5) is 0. The van der Waals surface area contributed by atoms with Crippen molar-refractivity contribution < 1.29 is 22.3 Å². The second-order valence-electron chi connectivity index (χ2n) is 2.82. The van der Waals surface area contributed by atoms with Gasteiger partial charge in [0.1, 0.15) is 0 Å². The van der Waals surface area contributed by atoms with Gasteiger partial charge in [0.15, 0.2) is 0 Å². The van der Waals surface area contributed by atoms with Crippen molar-refractivity contribution >= 4 is 5.71 Å². The Labute approximate surface area is 100 Å². The fourth-order valence-corrected chi connectivity index (χ4v) is 0.994. The van der Waals surface area contributed by atoms with Gasteiger partial charge in [0.25, 0.3) is 0 Å². The molecular weight excluding hydrogens is 230 g/mol. The Hall–Kier alpha value is -1.31. The standard InChI is InChI=1S/C7H8NO.C5H5.Fe/c1-6(8-9)7-4-2-3-5-7;1-2-4-5-3-1;/h2-5,9H,1H3;1-5H;/q-1;-5;/b8-6-;;. The molecule has 0 heterocycles. The van der Waals surface area contributed by atoms with Crippen molar-refractivity contribution in [1.29, 1.82) is 0 Å². The van der Waals surface area contributed by atoms with Crippen LogP contribution in [0.1, 0.15) is 12.5 Å². The molecule has 2 nitrogen and oxygen atoms in total. The minimum Gasteiger partial charge on any atom is -0.748 e. The molecule has 2 aromatic rings. The molecule has 1 N–H and O–H groups in total. The maximum Gasteiger partial charge on any atom is 0.0289 e. The molecule has 0 aliphatic rings. The van der Waals surface area contributed by atoms with Crippen LogP contribution < -0.4 is 0 Å². The molecule has 0 saturated heterocycles. The van der Waals surface area contributed by atoms with Crippen LogP contribution in [0.2, 0.25) is 0 Å². The van der Waals surface area contributed by atoms with E-state index in [9.17, 15) is 0 Å². The summed E-state index contributed by atoms with van der Waals surface area (Å²) in [6, 6.07) is 17.6. The third-order valence-electron chi connectivity index (χ3n) is 1.79. The number of rotatable bonds is 1. The summed E-state index contributed by atoms with van der Waals surface area (Å²) >= 11 is 0. The first-order valence-corrected chi connectivity index (χ1v) is 4.42. The largest absolute Gasteiger partial charge is 0.748 e. The predicted molar refractivity (Wildman–Crippen MR) is 58.1 cm³/mol. The third-order valence-corrected chi connectivity index (χ3v) is 1.79. The summed E-state index contributed by atoms with van der Waals surface area (Å²) in [5.74, 6) is 0. The number of hydrogen-bond acceptors (Lipinski definition) is 2. The minimum absolute atomic E-state index is 0. The molecule has 0 saturated carbocycles. The molecule has 3 heteroatoms. The van der Waals surface area contributed by atoms with Gasteiger partial charge in [-0.1, -0.05) is 0 Å². The van der Waals surface area contributed by atoms with E-state index in [0.717, 1.165) is 5.56 Å². The van der Waals surface area contributed by atoms with E-state index in [-0.39, 0.29) is 17.1 Å². The van der Waals surface area contributed by atoms with E-state index < -0.39 is 0 Å². The zero-order valence-corrected chi connectivity index (χ0v) is 9.55. The maximum atomic E-state index is 8.29. The number of hydrogen-bond donors (Lipinski definition) is 1. The Bertz CT molecular complexity index is 332. The van der Waals surface area contributed by atoms with E-state index in [1.165, 1.54) is 0 Å². The van der Waals surface area contributed by atoms with Crippen molar-refractivity contribution in [2.45, 2.75) is 6.92 Å². The van der Waals surface area contributed by atoms with Gasteiger partial charge in [-0.2, -0.15) is 12.1 Å². The molecule has 0 unspecified atom stereocenters. The van der Waals surface area contributed by atoms with Gasteiger partial charge in [-0.3, -0.25) is 0 Å². The zero-order chi connectivity index (χ0) is 10.2. The summed E-state index contributed by atoms with van der Waals surface area (Å²) in [5, 5.41) is 11.3.